The molecule has 0 radical (unpaired) electrons. The summed E-state index contributed by atoms with van der Waals surface area (Å²) >= 11 is 0. The van der Waals surface area contributed by atoms with Crippen molar-refractivity contribution < 1.29 is 19.2 Å². The number of rotatable bonds is 2. The summed E-state index contributed by atoms with van der Waals surface area (Å²) in [5, 5.41) is 9.79. The molecule has 0 aromatic rings. The molecule has 0 aliphatic carbocycles. The number of hydrogen-bond donors (Lipinski definition) is 2. The molecule has 0 saturated heterocycles. The molecular weight excluding hydrogens is 268 g/mol. The summed E-state index contributed by atoms with van der Waals surface area (Å²) in [5.74, 6) is 0. The average molecular weight is 286 g/mol. The van der Waals surface area contributed by atoms with Gasteiger partial charge in [0.2, 0.25) is 0 Å². The van der Waals surface area contributed by atoms with Gasteiger partial charge in [-0.05, 0) is 35.7 Å². The second kappa shape index (κ2) is 5.69. The fourth-order valence-corrected chi connectivity index (χ4v) is 2.59. The van der Waals surface area contributed by atoms with E-state index in [2.05, 4.69) is 0 Å². The molecule has 19 heavy (non-hydrogen) atoms. The van der Waals surface area contributed by atoms with E-state index >= 15 is 0 Å². The lowest BCUT2D eigenvalue weighted by Gasteiger charge is -2.24. The van der Waals surface area contributed by atoms with E-state index in [-0.39, 0.29) is 24.6 Å². The first kappa shape index (κ1) is 14.6. The highest BCUT2D eigenvalue weighted by Crippen LogP contribution is 2.37. The van der Waals surface area contributed by atoms with Crippen molar-refractivity contribution in [3.05, 3.63) is 35.0 Å². The van der Waals surface area contributed by atoms with Gasteiger partial charge in [-0.25, -0.2) is 0 Å². The van der Waals surface area contributed by atoms with E-state index in [4.69, 9.17) is 19.8 Å². The topological polar surface area (TPSA) is 73.9 Å². The first-order valence-corrected chi connectivity index (χ1v) is 6.13. The molecule has 0 aromatic carbocycles. The summed E-state index contributed by atoms with van der Waals surface area (Å²) in [5.41, 5.74) is 8.61. The van der Waals surface area contributed by atoms with Crippen molar-refractivity contribution in [2.24, 2.45) is 5.73 Å². The SMILES string of the molecule is CC(O)C1OB2OC(CN)C=C3C=COCC1=C23.Cl. The van der Waals surface area contributed by atoms with Gasteiger partial charge in [-0.2, -0.15) is 0 Å². The highest BCUT2D eigenvalue weighted by molar-refractivity contribution is 6.57. The van der Waals surface area contributed by atoms with Crippen molar-refractivity contribution in [3.8, 4) is 0 Å². The Labute approximate surface area is 118 Å². The van der Waals surface area contributed by atoms with Gasteiger partial charge in [-0.15, -0.1) is 12.4 Å². The van der Waals surface area contributed by atoms with Gasteiger partial charge in [0.15, 0.2) is 0 Å². The number of nitrogens with two attached hydrogens (primary N) is 1. The van der Waals surface area contributed by atoms with Crippen molar-refractivity contribution in [2.75, 3.05) is 13.2 Å². The van der Waals surface area contributed by atoms with E-state index in [1.54, 1.807) is 13.2 Å². The number of allylic oxidation sites excluding steroid dienone is 3. The quantitative estimate of drug-likeness (QED) is 0.716. The van der Waals surface area contributed by atoms with Crippen LogP contribution < -0.4 is 5.73 Å². The Hall–Kier alpha value is -0.785. The van der Waals surface area contributed by atoms with Crippen LogP contribution in [0.1, 0.15) is 6.92 Å². The predicted octanol–water partition coefficient (Wildman–Crippen LogP) is 0.340. The molecule has 104 valence electrons. The second-order valence-corrected chi connectivity index (χ2v) is 4.71. The van der Waals surface area contributed by atoms with Crippen LogP contribution in [0.2, 0.25) is 0 Å². The van der Waals surface area contributed by atoms with Crippen LogP contribution in [0, 0.1) is 0 Å². The Kier molecular flexibility index (Phi) is 4.38. The lowest BCUT2D eigenvalue weighted by atomic mass is 9.70. The van der Waals surface area contributed by atoms with Gasteiger partial charge in [-0.1, -0.05) is 0 Å². The van der Waals surface area contributed by atoms with E-state index in [0.29, 0.717) is 13.2 Å². The second-order valence-electron chi connectivity index (χ2n) is 4.71. The third-order valence-electron chi connectivity index (χ3n) is 3.42. The summed E-state index contributed by atoms with van der Waals surface area (Å²) in [6.07, 6.45) is 4.41. The van der Waals surface area contributed by atoms with E-state index in [9.17, 15) is 5.11 Å². The minimum Gasteiger partial charge on any atom is -0.497 e. The Morgan fingerprint density at radius 3 is 3.00 bits per heavy atom. The highest BCUT2D eigenvalue weighted by atomic mass is 35.5. The Bertz CT molecular complexity index is 449. The monoisotopic (exact) mass is 285 g/mol. The van der Waals surface area contributed by atoms with Crippen LogP contribution in [0.4, 0.5) is 0 Å². The van der Waals surface area contributed by atoms with Crippen molar-refractivity contribution >= 4 is 19.5 Å². The van der Waals surface area contributed by atoms with Crippen LogP contribution in [0.15, 0.2) is 35.0 Å². The van der Waals surface area contributed by atoms with Crippen LogP contribution in [0.5, 0.6) is 0 Å². The number of ether oxygens (including phenoxy) is 1. The number of aliphatic hydroxyl groups excluding tert-OH is 1. The molecule has 3 N–H and O–H groups in total. The zero-order chi connectivity index (χ0) is 12.7. The largest absolute Gasteiger partial charge is 0.497 e. The summed E-state index contributed by atoms with van der Waals surface area (Å²) in [6, 6.07) is 0. The molecule has 0 amide bonds. The first-order valence-electron chi connectivity index (χ1n) is 6.13. The fraction of sp³-hybridized carbons (Fsp3) is 0.500. The lowest BCUT2D eigenvalue weighted by Crippen LogP contribution is -2.38. The first-order chi connectivity index (χ1) is 8.70. The third kappa shape index (κ3) is 2.46. The molecule has 0 aromatic heterocycles. The molecule has 0 fully saturated rings. The normalized spacial score (nSPS) is 30.1. The van der Waals surface area contributed by atoms with Crippen LogP contribution in [0.3, 0.4) is 0 Å². The van der Waals surface area contributed by atoms with E-state index < -0.39 is 13.2 Å². The average Bonchev–Trinajstić information content (AvgIpc) is 2.59. The lowest BCUT2D eigenvalue weighted by molar-refractivity contribution is 0.0490. The third-order valence-corrected chi connectivity index (χ3v) is 3.42. The zero-order valence-electron chi connectivity index (χ0n) is 10.6. The van der Waals surface area contributed by atoms with Gasteiger partial charge < -0.3 is 24.9 Å². The van der Waals surface area contributed by atoms with Gasteiger partial charge in [0.1, 0.15) is 6.61 Å². The van der Waals surface area contributed by atoms with Crippen LogP contribution in [-0.2, 0) is 14.0 Å². The highest BCUT2D eigenvalue weighted by Gasteiger charge is 2.46. The molecule has 0 spiro atoms. The zero-order valence-corrected chi connectivity index (χ0v) is 11.4. The summed E-state index contributed by atoms with van der Waals surface area (Å²) in [6.45, 7) is 2.53. The van der Waals surface area contributed by atoms with E-state index in [1.807, 2.05) is 12.2 Å². The number of halogens is 1. The minimum atomic E-state index is -0.596. The maximum absolute atomic E-state index is 9.79. The molecule has 3 rings (SSSR count). The van der Waals surface area contributed by atoms with Crippen molar-refractivity contribution in [3.63, 3.8) is 0 Å². The minimum absolute atomic E-state index is 0. The van der Waals surface area contributed by atoms with Gasteiger partial charge in [0, 0.05) is 6.54 Å². The molecule has 3 atom stereocenters. The summed E-state index contributed by atoms with van der Waals surface area (Å²) in [4.78, 5) is 0. The smallest absolute Gasteiger partial charge is 0.495 e. The maximum atomic E-state index is 9.79. The summed E-state index contributed by atoms with van der Waals surface area (Å²) < 4.78 is 16.9. The Balaban J connectivity index is 0.00000133. The number of aliphatic hydroxyl groups is 1. The predicted molar refractivity (Wildman–Crippen MR) is 73.7 cm³/mol. The van der Waals surface area contributed by atoms with Crippen molar-refractivity contribution in [1.29, 1.82) is 0 Å². The molecule has 3 unspecified atom stereocenters. The molecular formula is C12H17BClNO4. The van der Waals surface area contributed by atoms with E-state index in [0.717, 1.165) is 16.6 Å². The van der Waals surface area contributed by atoms with E-state index in [1.165, 1.54) is 0 Å². The fourth-order valence-electron chi connectivity index (χ4n) is 2.59. The molecule has 3 aliphatic heterocycles. The maximum Gasteiger partial charge on any atom is 0.495 e. The molecule has 0 saturated carbocycles. The van der Waals surface area contributed by atoms with Crippen LogP contribution in [0.25, 0.3) is 0 Å². The van der Waals surface area contributed by atoms with Crippen molar-refractivity contribution in [2.45, 2.75) is 25.2 Å². The van der Waals surface area contributed by atoms with Gasteiger partial charge in [-0.3, -0.25) is 0 Å². The van der Waals surface area contributed by atoms with Gasteiger partial charge in [0.25, 0.3) is 0 Å². The molecule has 7 heteroatoms. The number of hydrogen-bond acceptors (Lipinski definition) is 5. The molecule has 3 aliphatic rings. The Morgan fingerprint density at radius 2 is 2.32 bits per heavy atom. The molecule has 5 nitrogen and oxygen atoms in total. The molecule has 0 bridgehead atoms. The van der Waals surface area contributed by atoms with Crippen molar-refractivity contribution in [1.82, 2.24) is 0 Å². The van der Waals surface area contributed by atoms with Crippen LogP contribution >= 0.6 is 12.4 Å². The van der Waals surface area contributed by atoms with Crippen LogP contribution in [-0.4, -0.2) is 43.7 Å². The molecule has 3 heterocycles. The van der Waals surface area contributed by atoms with Gasteiger partial charge in [0.05, 0.1) is 24.6 Å². The standard InChI is InChI=1S/C12H16BNO4.ClH/c1-7(15)12-10-6-16-3-2-8-4-9(5-14)17-13(18-12)11(8)10;/h2-4,7,9,12,15H,5-6,14H2,1H3;1H. The summed E-state index contributed by atoms with van der Waals surface area (Å²) in [7, 11) is -0.445. The Morgan fingerprint density at radius 1 is 1.53 bits per heavy atom. The van der Waals surface area contributed by atoms with Gasteiger partial charge >= 0.3 is 7.12 Å².